The summed E-state index contributed by atoms with van der Waals surface area (Å²) < 4.78 is 41.6. The monoisotopic (exact) mass is 500 g/mol. The maximum Gasteiger partial charge on any atom is 0.379 e. The highest BCUT2D eigenvalue weighted by Gasteiger charge is 2.16. The largest absolute Gasteiger partial charge is 0.463 e. The number of carbonyl (C=O) groups excluding carboxylic acids is 3. The third-order valence-corrected chi connectivity index (χ3v) is 4.08. The molecule has 0 fully saturated rings. The van der Waals surface area contributed by atoms with E-state index in [1.807, 2.05) is 0 Å². The van der Waals surface area contributed by atoms with Crippen molar-refractivity contribution in [3.05, 3.63) is 35.9 Å². The van der Waals surface area contributed by atoms with Crippen LogP contribution in [-0.4, -0.2) is 110 Å². The number of Topliss-reactive ketones (excluding diaryl/α,β-unsaturated/α-hetero) is 1. The Hall–Kier alpha value is -2.41. The fraction of sp³-hybridized carbons (Fsp3) is 0.625. The molecular formula is C24H36O11. The van der Waals surface area contributed by atoms with E-state index in [1.165, 1.54) is 6.92 Å². The fourth-order valence-corrected chi connectivity index (χ4v) is 2.41. The molecule has 0 aliphatic rings. The van der Waals surface area contributed by atoms with Gasteiger partial charge in [-0.1, -0.05) is 30.3 Å². The molecule has 0 aliphatic heterocycles. The molecule has 0 atom stereocenters. The minimum Gasteiger partial charge on any atom is -0.463 e. The van der Waals surface area contributed by atoms with Crippen LogP contribution in [0.25, 0.3) is 0 Å². The molecular weight excluding hydrogens is 464 g/mol. The van der Waals surface area contributed by atoms with Crippen LogP contribution in [-0.2, 0) is 47.5 Å². The maximum atomic E-state index is 11.8. The van der Waals surface area contributed by atoms with Crippen molar-refractivity contribution in [1.29, 1.82) is 0 Å². The standard InChI is InChI=1S/C24H36O11/c1-21(25)34-19-17-32-15-13-30-11-9-28-7-8-29-10-12-31-14-16-33-18-20-35-24(27)23(26)22-5-3-2-4-6-22/h2-6H,7-20H2,1H3. The van der Waals surface area contributed by atoms with Crippen LogP contribution in [0, 0.1) is 0 Å². The summed E-state index contributed by atoms with van der Waals surface area (Å²) in [6, 6.07) is 8.24. The van der Waals surface area contributed by atoms with Gasteiger partial charge in [0, 0.05) is 12.5 Å². The molecule has 11 nitrogen and oxygen atoms in total. The Morgan fingerprint density at radius 2 is 0.857 bits per heavy atom. The molecule has 0 aliphatic carbocycles. The van der Waals surface area contributed by atoms with Crippen LogP contribution in [0.1, 0.15) is 17.3 Å². The summed E-state index contributed by atoms with van der Waals surface area (Å²) in [6.45, 7) is 6.39. The third-order valence-electron chi connectivity index (χ3n) is 4.08. The first kappa shape index (κ1) is 30.6. The second-order valence-electron chi connectivity index (χ2n) is 6.85. The average Bonchev–Trinajstić information content (AvgIpc) is 2.86. The van der Waals surface area contributed by atoms with Crippen molar-refractivity contribution in [3.8, 4) is 0 Å². The summed E-state index contributed by atoms with van der Waals surface area (Å²) in [7, 11) is 0. The van der Waals surface area contributed by atoms with Gasteiger partial charge in [-0.3, -0.25) is 9.59 Å². The van der Waals surface area contributed by atoms with Gasteiger partial charge in [0.15, 0.2) is 0 Å². The summed E-state index contributed by atoms with van der Waals surface area (Å²) in [5, 5.41) is 0. The molecule has 11 heteroatoms. The Kier molecular flexibility index (Phi) is 19.3. The first-order chi connectivity index (χ1) is 17.1. The number of rotatable bonds is 23. The number of hydrogen-bond acceptors (Lipinski definition) is 11. The van der Waals surface area contributed by atoms with Crippen LogP contribution in [0.4, 0.5) is 0 Å². The van der Waals surface area contributed by atoms with E-state index in [1.54, 1.807) is 30.3 Å². The molecule has 0 unspecified atom stereocenters. The Morgan fingerprint density at radius 3 is 1.23 bits per heavy atom. The van der Waals surface area contributed by atoms with Crippen LogP contribution in [0.3, 0.4) is 0 Å². The van der Waals surface area contributed by atoms with Crippen molar-refractivity contribution in [2.45, 2.75) is 6.92 Å². The second kappa shape index (κ2) is 22.1. The van der Waals surface area contributed by atoms with E-state index < -0.39 is 11.8 Å². The zero-order valence-corrected chi connectivity index (χ0v) is 20.3. The van der Waals surface area contributed by atoms with Crippen LogP contribution in [0.2, 0.25) is 0 Å². The van der Waals surface area contributed by atoms with E-state index in [4.69, 9.17) is 37.9 Å². The van der Waals surface area contributed by atoms with Crippen molar-refractivity contribution >= 4 is 17.7 Å². The van der Waals surface area contributed by atoms with Crippen LogP contribution in [0.5, 0.6) is 0 Å². The van der Waals surface area contributed by atoms with Crippen LogP contribution < -0.4 is 0 Å². The Bertz CT molecular complexity index is 681. The summed E-state index contributed by atoms with van der Waals surface area (Å²) in [6.07, 6.45) is 0. The SMILES string of the molecule is CC(=O)OCCOCCOCCOCCOCCOCCOCCOC(=O)C(=O)c1ccccc1. The molecule has 0 spiro atoms. The van der Waals surface area contributed by atoms with Gasteiger partial charge in [-0.25, -0.2) is 4.79 Å². The lowest BCUT2D eigenvalue weighted by Crippen LogP contribution is -2.20. The van der Waals surface area contributed by atoms with Crippen molar-refractivity contribution in [3.63, 3.8) is 0 Å². The van der Waals surface area contributed by atoms with E-state index in [0.29, 0.717) is 78.2 Å². The summed E-state index contributed by atoms with van der Waals surface area (Å²) in [5.74, 6) is -1.90. The van der Waals surface area contributed by atoms with E-state index in [-0.39, 0.29) is 25.8 Å². The lowest BCUT2D eigenvalue weighted by Gasteiger charge is -2.08. The van der Waals surface area contributed by atoms with Gasteiger partial charge in [0.1, 0.15) is 13.2 Å². The zero-order valence-electron chi connectivity index (χ0n) is 20.3. The van der Waals surface area contributed by atoms with Crippen molar-refractivity contribution < 1.29 is 52.3 Å². The van der Waals surface area contributed by atoms with Gasteiger partial charge in [-0.15, -0.1) is 0 Å². The minimum absolute atomic E-state index is 0.00299. The molecule has 1 aromatic carbocycles. The van der Waals surface area contributed by atoms with E-state index >= 15 is 0 Å². The molecule has 0 saturated heterocycles. The number of ether oxygens (including phenoxy) is 8. The molecule has 0 radical (unpaired) electrons. The number of benzene rings is 1. The van der Waals surface area contributed by atoms with Crippen molar-refractivity contribution in [1.82, 2.24) is 0 Å². The summed E-state index contributed by atoms with van der Waals surface area (Å²) >= 11 is 0. The molecule has 0 saturated carbocycles. The predicted octanol–water partition coefficient (Wildman–Crippen LogP) is 1.08. The number of esters is 2. The molecule has 0 bridgehead atoms. The van der Waals surface area contributed by atoms with Gasteiger partial charge in [0.25, 0.3) is 5.78 Å². The van der Waals surface area contributed by atoms with Gasteiger partial charge in [0.2, 0.25) is 0 Å². The summed E-state index contributed by atoms with van der Waals surface area (Å²) in [4.78, 5) is 34.0. The highest BCUT2D eigenvalue weighted by atomic mass is 16.6. The molecule has 35 heavy (non-hydrogen) atoms. The lowest BCUT2D eigenvalue weighted by atomic mass is 10.1. The average molecular weight is 501 g/mol. The van der Waals surface area contributed by atoms with Crippen LogP contribution in [0.15, 0.2) is 30.3 Å². The number of ketones is 1. The second-order valence-corrected chi connectivity index (χ2v) is 6.85. The number of carbonyl (C=O) groups is 3. The van der Waals surface area contributed by atoms with Gasteiger partial charge >= 0.3 is 11.9 Å². The zero-order chi connectivity index (χ0) is 25.4. The molecule has 1 aromatic rings. The van der Waals surface area contributed by atoms with E-state index in [2.05, 4.69) is 0 Å². The topological polar surface area (TPSA) is 125 Å². The van der Waals surface area contributed by atoms with Crippen molar-refractivity contribution in [2.24, 2.45) is 0 Å². The van der Waals surface area contributed by atoms with Gasteiger partial charge < -0.3 is 37.9 Å². The smallest absolute Gasteiger partial charge is 0.379 e. The van der Waals surface area contributed by atoms with Crippen molar-refractivity contribution in [2.75, 3.05) is 92.5 Å². The Labute approximate surface area is 205 Å². The highest BCUT2D eigenvalue weighted by molar-refractivity contribution is 6.40. The quantitative estimate of drug-likeness (QED) is 0.0927. The molecule has 0 heterocycles. The fourth-order valence-electron chi connectivity index (χ4n) is 2.41. The number of hydrogen-bond donors (Lipinski definition) is 0. The highest BCUT2D eigenvalue weighted by Crippen LogP contribution is 2.01. The van der Waals surface area contributed by atoms with E-state index in [0.717, 1.165) is 0 Å². The minimum atomic E-state index is -0.899. The molecule has 0 N–H and O–H groups in total. The van der Waals surface area contributed by atoms with Gasteiger partial charge in [0.05, 0.1) is 79.3 Å². The molecule has 0 amide bonds. The molecule has 0 aromatic heterocycles. The summed E-state index contributed by atoms with van der Waals surface area (Å²) in [5.41, 5.74) is 0.294. The van der Waals surface area contributed by atoms with Gasteiger partial charge in [-0.05, 0) is 0 Å². The third kappa shape index (κ3) is 18.6. The van der Waals surface area contributed by atoms with Crippen LogP contribution >= 0.6 is 0 Å². The lowest BCUT2D eigenvalue weighted by molar-refractivity contribution is -0.142. The Morgan fingerprint density at radius 1 is 0.514 bits per heavy atom. The molecule has 1 rings (SSSR count). The van der Waals surface area contributed by atoms with E-state index in [9.17, 15) is 14.4 Å². The molecule has 198 valence electrons. The Balaban J connectivity index is 1.74. The van der Waals surface area contributed by atoms with Gasteiger partial charge in [-0.2, -0.15) is 0 Å². The maximum absolute atomic E-state index is 11.8. The first-order valence-electron chi connectivity index (χ1n) is 11.5. The predicted molar refractivity (Wildman–Crippen MR) is 123 cm³/mol. The first-order valence-corrected chi connectivity index (χ1v) is 11.5. The normalized spacial score (nSPS) is 10.8.